The molecule has 0 saturated heterocycles. The summed E-state index contributed by atoms with van der Waals surface area (Å²) in [5.41, 5.74) is -0.0488. The van der Waals surface area contributed by atoms with E-state index in [9.17, 15) is 9.32 Å². The largest absolute Gasteiger partial charge is 0.397 e. The molecule has 5 heteroatoms. The normalized spacial score (nSPS) is 10.3. The quantitative estimate of drug-likeness (QED) is 0.799. The van der Waals surface area contributed by atoms with E-state index in [0.29, 0.717) is 0 Å². The van der Waals surface area contributed by atoms with E-state index < -0.39 is 5.97 Å². The van der Waals surface area contributed by atoms with Crippen LogP contribution in [0.3, 0.4) is 0 Å². The Morgan fingerprint density at radius 2 is 2.13 bits per heavy atom. The Bertz CT molecular complexity index is 530. The lowest BCUT2D eigenvalue weighted by atomic mass is 10.1. The van der Waals surface area contributed by atoms with Crippen LogP contribution >= 0.6 is 15.9 Å². The van der Waals surface area contributed by atoms with Gasteiger partial charge >= 0.3 is 5.97 Å². The van der Waals surface area contributed by atoms with Crippen LogP contribution in [0.1, 0.15) is 10.5 Å². The number of fused-ring (bicyclic) bond motifs is 1. The van der Waals surface area contributed by atoms with E-state index in [1.54, 1.807) is 6.07 Å². The van der Waals surface area contributed by atoms with Gasteiger partial charge in [-0.1, -0.05) is 22.0 Å². The molecule has 0 saturated carbocycles. The summed E-state index contributed by atoms with van der Waals surface area (Å²) < 4.78 is 12.6. The molecule has 0 N–H and O–H groups in total. The number of carbonyl (C=O) groups excluding carboxylic acids is 1. The first-order chi connectivity index (χ1) is 7.20. The summed E-state index contributed by atoms with van der Waals surface area (Å²) in [6, 6.07) is 6.96. The third kappa shape index (κ3) is 1.97. The maximum atomic E-state index is 11.6. The SMILES string of the molecule is O=C(OF)c1cc2ccc(Br)cc2cn1. The molecule has 0 spiro atoms. The summed E-state index contributed by atoms with van der Waals surface area (Å²) >= 11 is 3.31. The fourth-order valence-corrected chi connectivity index (χ4v) is 1.64. The molecular formula is C10H5BrFNO2. The van der Waals surface area contributed by atoms with Crippen molar-refractivity contribution in [2.24, 2.45) is 0 Å². The summed E-state index contributed by atoms with van der Waals surface area (Å²) in [5, 5.41) is 1.66. The predicted molar refractivity (Wildman–Crippen MR) is 56.0 cm³/mol. The predicted octanol–water partition coefficient (Wildman–Crippen LogP) is 3.04. The van der Waals surface area contributed by atoms with Crippen LogP contribution in [0.5, 0.6) is 0 Å². The highest BCUT2D eigenvalue weighted by atomic mass is 79.9. The molecule has 0 unspecified atom stereocenters. The van der Waals surface area contributed by atoms with Crippen LogP contribution in [0.15, 0.2) is 34.9 Å². The van der Waals surface area contributed by atoms with Crippen LogP contribution < -0.4 is 0 Å². The molecule has 0 fully saturated rings. The van der Waals surface area contributed by atoms with Gasteiger partial charge in [0.2, 0.25) is 0 Å². The van der Waals surface area contributed by atoms with Crippen molar-refractivity contribution in [3.63, 3.8) is 0 Å². The molecule has 1 aromatic heterocycles. The number of hydrogen-bond donors (Lipinski definition) is 0. The van der Waals surface area contributed by atoms with Gasteiger partial charge in [0.05, 0.1) is 0 Å². The van der Waals surface area contributed by atoms with Crippen LogP contribution in [0.25, 0.3) is 10.8 Å². The van der Waals surface area contributed by atoms with Crippen molar-refractivity contribution in [1.82, 2.24) is 4.98 Å². The Hall–Kier alpha value is -1.49. The number of carbonyl (C=O) groups is 1. The van der Waals surface area contributed by atoms with Gasteiger partial charge in [-0.05, 0) is 23.6 Å². The monoisotopic (exact) mass is 269 g/mol. The van der Waals surface area contributed by atoms with Crippen LogP contribution in [0.4, 0.5) is 4.53 Å². The first-order valence-corrected chi connectivity index (χ1v) is 4.88. The van der Waals surface area contributed by atoms with Gasteiger partial charge in [-0.2, -0.15) is 0 Å². The van der Waals surface area contributed by atoms with Crippen LogP contribution in [0, 0.1) is 0 Å². The van der Waals surface area contributed by atoms with Gasteiger partial charge in [0.1, 0.15) is 0 Å². The molecule has 15 heavy (non-hydrogen) atoms. The zero-order chi connectivity index (χ0) is 10.8. The maximum absolute atomic E-state index is 11.6. The zero-order valence-corrected chi connectivity index (χ0v) is 8.99. The standard InChI is InChI=1S/C10H5BrFNO2/c11-8-2-1-6-4-9(10(14)15-12)13-5-7(6)3-8/h1-5H. The molecule has 76 valence electrons. The molecule has 0 bridgehead atoms. The molecule has 0 aliphatic heterocycles. The lowest BCUT2D eigenvalue weighted by molar-refractivity contribution is -0.0793. The number of pyridine rings is 1. The molecule has 0 aliphatic carbocycles. The number of hydrogen-bond acceptors (Lipinski definition) is 3. The molecule has 0 atom stereocenters. The topological polar surface area (TPSA) is 39.2 Å². The molecule has 0 amide bonds. The van der Waals surface area contributed by atoms with Crippen molar-refractivity contribution in [3.8, 4) is 0 Å². The molecule has 0 aliphatic rings. The van der Waals surface area contributed by atoms with Gasteiger partial charge in [-0.15, -0.1) is 0 Å². The van der Waals surface area contributed by atoms with Crippen molar-refractivity contribution in [2.75, 3.05) is 0 Å². The third-order valence-electron chi connectivity index (χ3n) is 1.96. The molecule has 1 heterocycles. The maximum Gasteiger partial charge on any atom is 0.397 e. The lowest BCUT2D eigenvalue weighted by Gasteiger charge is -1.99. The van der Waals surface area contributed by atoms with Gasteiger partial charge in [0.15, 0.2) is 5.69 Å². The van der Waals surface area contributed by atoms with E-state index in [1.165, 1.54) is 12.3 Å². The van der Waals surface area contributed by atoms with E-state index in [2.05, 4.69) is 25.9 Å². The van der Waals surface area contributed by atoms with Gasteiger partial charge in [-0.3, -0.25) is 0 Å². The first kappa shape index (κ1) is 10.0. The van der Waals surface area contributed by atoms with Crippen LogP contribution in [0.2, 0.25) is 0 Å². The molecule has 2 rings (SSSR count). The second kappa shape index (κ2) is 3.94. The number of aromatic nitrogens is 1. The van der Waals surface area contributed by atoms with Crippen LogP contribution in [-0.2, 0) is 4.94 Å². The Kier molecular flexibility index (Phi) is 2.64. The molecule has 1 aromatic carbocycles. The highest BCUT2D eigenvalue weighted by molar-refractivity contribution is 9.10. The van der Waals surface area contributed by atoms with Crippen molar-refractivity contribution < 1.29 is 14.3 Å². The van der Waals surface area contributed by atoms with E-state index in [1.807, 2.05) is 12.1 Å². The summed E-state index contributed by atoms with van der Waals surface area (Å²) in [4.78, 5) is 17.7. The second-order valence-electron chi connectivity index (χ2n) is 2.93. The second-order valence-corrected chi connectivity index (χ2v) is 3.84. The van der Waals surface area contributed by atoms with Crippen LogP contribution in [-0.4, -0.2) is 11.0 Å². The fraction of sp³-hybridized carbons (Fsp3) is 0. The zero-order valence-electron chi connectivity index (χ0n) is 7.41. The molecular weight excluding hydrogens is 265 g/mol. The Morgan fingerprint density at radius 1 is 1.33 bits per heavy atom. The Morgan fingerprint density at radius 3 is 2.87 bits per heavy atom. The van der Waals surface area contributed by atoms with Gasteiger partial charge in [0, 0.05) is 20.6 Å². The minimum absolute atomic E-state index is 0.0488. The lowest BCUT2D eigenvalue weighted by Crippen LogP contribution is -2.01. The molecule has 0 radical (unpaired) electrons. The number of nitrogens with zero attached hydrogens (tertiary/aromatic N) is 1. The molecule has 3 nitrogen and oxygen atoms in total. The summed E-state index contributed by atoms with van der Waals surface area (Å²) in [5.74, 6) is -1.08. The highest BCUT2D eigenvalue weighted by Crippen LogP contribution is 2.19. The minimum Gasteiger partial charge on any atom is -0.248 e. The Balaban J connectivity index is 2.57. The van der Waals surface area contributed by atoms with Gasteiger partial charge in [0.25, 0.3) is 0 Å². The smallest absolute Gasteiger partial charge is 0.248 e. The summed E-state index contributed by atoms with van der Waals surface area (Å²) in [6.07, 6.45) is 1.49. The first-order valence-electron chi connectivity index (χ1n) is 4.09. The van der Waals surface area contributed by atoms with Crippen molar-refractivity contribution in [3.05, 3.63) is 40.6 Å². The Labute approximate surface area is 92.9 Å². The summed E-state index contributed by atoms with van der Waals surface area (Å²) in [7, 11) is 0. The van der Waals surface area contributed by atoms with E-state index >= 15 is 0 Å². The number of benzene rings is 1. The fourth-order valence-electron chi connectivity index (χ4n) is 1.26. The van der Waals surface area contributed by atoms with Crippen molar-refractivity contribution >= 4 is 32.7 Å². The molecule has 2 aromatic rings. The number of rotatable bonds is 1. The third-order valence-corrected chi connectivity index (χ3v) is 2.46. The number of halogens is 2. The van der Waals surface area contributed by atoms with E-state index in [0.717, 1.165) is 15.2 Å². The van der Waals surface area contributed by atoms with Gasteiger partial charge < -0.3 is 0 Å². The highest BCUT2D eigenvalue weighted by Gasteiger charge is 2.09. The van der Waals surface area contributed by atoms with Crippen molar-refractivity contribution in [1.29, 1.82) is 0 Å². The average molecular weight is 270 g/mol. The average Bonchev–Trinajstić information content (AvgIpc) is 2.27. The minimum atomic E-state index is -1.08. The van der Waals surface area contributed by atoms with E-state index in [-0.39, 0.29) is 5.69 Å². The van der Waals surface area contributed by atoms with Gasteiger partial charge in [-0.25, -0.2) is 14.7 Å². The van der Waals surface area contributed by atoms with Crippen molar-refractivity contribution in [2.45, 2.75) is 0 Å². The summed E-state index contributed by atoms with van der Waals surface area (Å²) in [6.45, 7) is 0. The van der Waals surface area contributed by atoms with E-state index in [4.69, 9.17) is 0 Å².